The van der Waals surface area contributed by atoms with Crippen LogP contribution >= 0.6 is 0 Å². The van der Waals surface area contributed by atoms with Crippen molar-refractivity contribution in [3.05, 3.63) is 41.1 Å². The molecule has 1 aromatic heterocycles. The average molecular weight is 410 g/mol. The van der Waals surface area contributed by atoms with Crippen LogP contribution in [0.25, 0.3) is 0 Å². The molecule has 2 aliphatic heterocycles. The van der Waals surface area contributed by atoms with Crippen LogP contribution in [0.5, 0.6) is 5.75 Å². The lowest BCUT2D eigenvalue weighted by atomic mass is 10.1. The second-order valence-electron chi connectivity index (χ2n) is 8.21. The number of carbonyl (C=O) groups excluding carboxylic acids is 1. The Balaban J connectivity index is 1.36. The molecule has 7 nitrogen and oxygen atoms in total. The fraction of sp³-hybridized carbons (Fsp3) is 0.522. The molecule has 2 saturated heterocycles. The molecule has 2 aliphatic rings. The number of hydrogen-bond donors (Lipinski definition) is 0. The molecule has 2 fully saturated rings. The molecule has 4 rings (SSSR count). The summed E-state index contributed by atoms with van der Waals surface area (Å²) in [5, 5.41) is 0. The summed E-state index contributed by atoms with van der Waals surface area (Å²) in [6.45, 7) is 9.10. The number of carbonyl (C=O) groups is 1. The fourth-order valence-corrected chi connectivity index (χ4v) is 4.28. The van der Waals surface area contributed by atoms with E-state index < -0.39 is 0 Å². The minimum atomic E-state index is 0.169. The van der Waals surface area contributed by atoms with Gasteiger partial charge in [0.1, 0.15) is 11.6 Å². The zero-order valence-electron chi connectivity index (χ0n) is 18.2. The number of benzene rings is 1. The third-order valence-electron chi connectivity index (χ3n) is 5.99. The quantitative estimate of drug-likeness (QED) is 0.757. The molecular formula is C23H31N5O2. The monoisotopic (exact) mass is 409 g/mol. The van der Waals surface area contributed by atoms with Gasteiger partial charge in [-0.15, -0.1) is 0 Å². The van der Waals surface area contributed by atoms with Crippen LogP contribution in [0.1, 0.15) is 29.7 Å². The Morgan fingerprint density at radius 3 is 2.37 bits per heavy atom. The van der Waals surface area contributed by atoms with E-state index in [-0.39, 0.29) is 5.91 Å². The van der Waals surface area contributed by atoms with Crippen molar-refractivity contribution in [2.75, 3.05) is 56.2 Å². The Bertz CT molecular complexity index is 902. The van der Waals surface area contributed by atoms with Gasteiger partial charge in [-0.1, -0.05) is 12.1 Å². The molecule has 7 heteroatoms. The van der Waals surface area contributed by atoms with Crippen molar-refractivity contribution >= 4 is 17.7 Å². The molecule has 30 heavy (non-hydrogen) atoms. The summed E-state index contributed by atoms with van der Waals surface area (Å²) in [7, 11) is 1.67. The zero-order chi connectivity index (χ0) is 21.1. The molecule has 0 N–H and O–H groups in total. The second kappa shape index (κ2) is 8.90. The molecule has 2 aromatic rings. The van der Waals surface area contributed by atoms with Crippen molar-refractivity contribution in [2.24, 2.45) is 0 Å². The molecule has 0 saturated carbocycles. The maximum Gasteiger partial charge on any atom is 0.227 e. The van der Waals surface area contributed by atoms with E-state index >= 15 is 0 Å². The van der Waals surface area contributed by atoms with Gasteiger partial charge in [0.25, 0.3) is 0 Å². The third-order valence-corrected chi connectivity index (χ3v) is 5.99. The van der Waals surface area contributed by atoms with E-state index in [1.54, 1.807) is 7.11 Å². The van der Waals surface area contributed by atoms with Gasteiger partial charge in [-0.3, -0.25) is 4.79 Å². The van der Waals surface area contributed by atoms with Crippen molar-refractivity contribution in [1.82, 2.24) is 14.9 Å². The summed E-state index contributed by atoms with van der Waals surface area (Å²) in [4.78, 5) is 28.8. The maximum absolute atomic E-state index is 12.8. The molecule has 0 unspecified atom stereocenters. The number of ether oxygens (including phenoxy) is 1. The average Bonchev–Trinajstić information content (AvgIpc) is 3.29. The van der Waals surface area contributed by atoms with Crippen LogP contribution in [0, 0.1) is 13.8 Å². The number of anilines is 2. The topological polar surface area (TPSA) is 61.8 Å². The molecule has 0 bridgehead atoms. The number of piperazine rings is 1. The van der Waals surface area contributed by atoms with Crippen molar-refractivity contribution in [3.8, 4) is 5.75 Å². The number of nitrogens with zero attached hydrogens (tertiary/aromatic N) is 5. The Hall–Kier alpha value is -2.83. The number of methoxy groups -OCH3 is 1. The highest BCUT2D eigenvalue weighted by atomic mass is 16.5. The van der Waals surface area contributed by atoms with Gasteiger partial charge in [-0.25, -0.2) is 4.98 Å². The minimum absolute atomic E-state index is 0.169. The van der Waals surface area contributed by atoms with Crippen LogP contribution in [-0.4, -0.2) is 67.2 Å². The van der Waals surface area contributed by atoms with Crippen LogP contribution in [0.4, 0.5) is 11.8 Å². The first-order valence-electron chi connectivity index (χ1n) is 10.8. The fourth-order valence-electron chi connectivity index (χ4n) is 4.28. The minimum Gasteiger partial charge on any atom is -0.496 e. The van der Waals surface area contributed by atoms with E-state index in [0.29, 0.717) is 19.5 Å². The first-order valence-corrected chi connectivity index (χ1v) is 10.8. The van der Waals surface area contributed by atoms with Crippen molar-refractivity contribution in [2.45, 2.75) is 33.1 Å². The summed E-state index contributed by atoms with van der Waals surface area (Å²) in [5.41, 5.74) is 3.08. The van der Waals surface area contributed by atoms with E-state index in [1.165, 1.54) is 12.8 Å². The lowest BCUT2D eigenvalue weighted by Gasteiger charge is -2.35. The largest absolute Gasteiger partial charge is 0.496 e. The number of rotatable bonds is 5. The first kappa shape index (κ1) is 20.4. The SMILES string of the molecule is COc1ccc(CC(=O)N2CCN(c3nc(C)cc(N4CCCC4)n3)CC2)cc1C. The van der Waals surface area contributed by atoms with Crippen LogP contribution in [0.15, 0.2) is 24.3 Å². The summed E-state index contributed by atoms with van der Waals surface area (Å²) in [5.74, 6) is 2.84. The molecule has 160 valence electrons. The standard InChI is InChI=1S/C23H31N5O2/c1-17-14-19(6-7-20(17)30-3)16-22(29)27-10-12-28(13-11-27)23-24-18(2)15-21(25-23)26-8-4-5-9-26/h6-7,14-15H,4-5,8-13,16H2,1-3H3. The van der Waals surface area contributed by atoms with Gasteiger partial charge in [0.05, 0.1) is 13.5 Å². The molecule has 0 spiro atoms. The number of aromatic nitrogens is 2. The predicted molar refractivity (Wildman–Crippen MR) is 118 cm³/mol. The summed E-state index contributed by atoms with van der Waals surface area (Å²) in [6.07, 6.45) is 2.88. The predicted octanol–water partition coefficient (Wildman–Crippen LogP) is 2.59. The Labute approximate surface area is 178 Å². The lowest BCUT2D eigenvalue weighted by Crippen LogP contribution is -2.49. The highest BCUT2D eigenvalue weighted by Crippen LogP contribution is 2.23. The number of aryl methyl sites for hydroxylation is 2. The highest BCUT2D eigenvalue weighted by Gasteiger charge is 2.24. The van der Waals surface area contributed by atoms with E-state index in [4.69, 9.17) is 9.72 Å². The second-order valence-corrected chi connectivity index (χ2v) is 8.21. The van der Waals surface area contributed by atoms with Crippen LogP contribution in [0.2, 0.25) is 0 Å². The van der Waals surface area contributed by atoms with E-state index in [9.17, 15) is 4.79 Å². The summed E-state index contributed by atoms with van der Waals surface area (Å²) in [6, 6.07) is 8.02. The van der Waals surface area contributed by atoms with Gasteiger partial charge in [-0.2, -0.15) is 4.98 Å². The van der Waals surface area contributed by atoms with Crippen molar-refractivity contribution in [1.29, 1.82) is 0 Å². The van der Waals surface area contributed by atoms with E-state index in [1.807, 2.05) is 36.9 Å². The van der Waals surface area contributed by atoms with Crippen LogP contribution < -0.4 is 14.5 Å². The highest BCUT2D eigenvalue weighted by molar-refractivity contribution is 5.79. The Morgan fingerprint density at radius 2 is 1.70 bits per heavy atom. The van der Waals surface area contributed by atoms with Gasteiger partial charge in [0.15, 0.2) is 0 Å². The van der Waals surface area contributed by atoms with E-state index in [0.717, 1.165) is 60.5 Å². The van der Waals surface area contributed by atoms with Gasteiger partial charge >= 0.3 is 0 Å². The van der Waals surface area contributed by atoms with E-state index in [2.05, 4.69) is 20.9 Å². The van der Waals surface area contributed by atoms with Crippen molar-refractivity contribution < 1.29 is 9.53 Å². The number of amides is 1. The first-order chi connectivity index (χ1) is 14.5. The van der Waals surface area contributed by atoms with Crippen molar-refractivity contribution in [3.63, 3.8) is 0 Å². The maximum atomic E-state index is 12.8. The van der Waals surface area contributed by atoms with Gasteiger partial charge in [0.2, 0.25) is 11.9 Å². The summed E-state index contributed by atoms with van der Waals surface area (Å²) < 4.78 is 5.31. The third kappa shape index (κ3) is 4.50. The Morgan fingerprint density at radius 1 is 0.967 bits per heavy atom. The molecule has 3 heterocycles. The summed E-state index contributed by atoms with van der Waals surface area (Å²) >= 11 is 0. The smallest absolute Gasteiger partial charge is 0.227 e. The molecule has 1 amide bonds. The van der Waals surface area contributed by atoms with Crippen LogP contribution in [0.3, 0.4) is 0 Å². The van der Waals surface area contributed by atoms with Gasteiger partial charge in [-0.05, 0) is 43.9 Å². The van der Waals surface area contributed by atoms with Crippen LogP contribution in [-0.2, 0) is 11.2 Å². The Kier molecular flexibility index (Phi) is 6.06. The lowest BCUT2D eigenvalue weighted by molar-refractivity contribution is -0.130. The number of hydrogen-bond acceptors (Lipinski definition) is 6. The normalized spacial score (nSPS) is 16.8. The zero-order valence-corrected chi connectivity index (χ0v) is 18.2. The molecule has 1 aromatic carbocycles. The molecular weight excluding hydrogens is 378 g/mol. The van der Waals surface area contributed by atoms with Gasteiger partial charge < -0.3 is 19.4 Å². The van der Waals surface area contributed by atoms with Gasteiger partial charge in [0, 0.05) is 51.0 Å². The molecule has 0 aliphatic carbocycles. The molecule has 0 atom stereocenters. The molecule has 0 radical (unpaired) electrons.